The first-order valence-electron chi connectivity index (χ1n) is 6.07. The zero-order valence-corrected chi connectivity index (χ0v) is 10.7. The number of para-hydroxylation sites is 1. The average Bonchev–Trinajstić information content (AvgIpc) is 2.75. The van der Waals surface area contributed by atoms with Crippen molar-refractivity contribution < 1.29 is 0 Å². The number of nitrogens with one attached hydrogen (secondary N) is 1. The molecule has 0 saturated carbocycles. The molecule has 17 heavy (non-hydrogen) atoms. The number of aromatic amines is 1. The van der Waals surface area contributed by atoms with E-state index in [1.807, 2.05) is 12.1 Å². The standard InChI is InChI=1S/C13H16ClN3/c1-17-7-5-9(6-8-17)12-10-3-2-4-11(14)13(10)16-15-12/h2-4,9H,5-8H2,1H3,(H,15,16). The summed E-state index contributed by atoms with van der Waals surface area (Å²) in [6, 6.07) is 6.01. The van der Waals surface area contributed by atoms with Crippen LogP contribution in [0.4, 0.5) is 0 Å². The van der Waals surface area contributed by atoms with Crippen LogP contribution < -0.4 is 0 Å². The monoisotopic (exact) mass is 249 g/mol. The van der Waals surface area contributed by atoms with E-state index >= 15 is 0 Å². The molecule has 1 aromatic heterocycles. The van der Waals surface area contributed by atoms with Gasteiger partial charge < -0.3 is 4.90 Å². The smallest absolute Gasteiger partial charge is 0.0839 e. The number of hydrogen-bond acceptors (Lipinski definition) is 2. The number of nitrogens with zero attached hydrogens (tertiary/aromatic N) is 2. The number of aromatic nitrogens is 2. The van der Waals surface area contributed by atoms with Gasteiger partial charge in [0, 0.05) is 11.3 Å². The highest BCUT2D eigenvalue weighted by Crippen LogP contribution is 2.33. The van der Waals surface area contributed by atoms with Crippen molar-refractivity contribution in [1.29, 1.82) is 0 Å². The number of fused-ring (bicyclic) bond motifs is 1. The van der Waals surface area contributed by atoms with E-state index in [2.05, 4.69) is 28.2 Å². The Bertz CT molecular complexity index is 526. The van der Waals surface area contributed by atoms with Gasteiger partial charge in [0.25, 0.3) is 0 Å². The summed E-state index contributed by atoms with van der Waals surface area (Å²) in [5, 5.41) is 9.49. The molecule has 0 amide bonds. The molecule has 90 valence electrons. The van der Waals surface area contributed by atoms with Crippen molar-refractivity contribution in [2.75, 3.05) is 20.1 Å². The van der Waals surface area contributed by atoms with Gasteiger partial charge in [-0.05, 0) is 39.0 Å². The maximum atomic E-state index is 6.15. The minimum absolute atomic E-state index is 0.568. The molecule has 2 heterocycles. The number of piperidine rings is 1. The van der Waals surface area contributed by atoms with Crippen LogP contribution in [-0.4, -0.2) is 35.2 Å². The number of hydrogen-bond donors (Lipinski definition) is 1. The summed E-state index contributed by atoms with van der Waals surface area (Å²) in [6.45, 7) is 2.30. The lowest BCUT2D eigenvalue weighted by Gasteiger charge is -2.27. The van der Waals surface area contributed by atoms with Gasteiger partial charge in [-0.25, -0.2) is 0 Å². The minimum atomic E-state index is 0.568. The molecular weight excluding hydrogens is 234 g/mol. The summed E-state index contributed by atoms with van der Waals surface area (Å²) in [5.41, 5.74) is 2.17. The Morgan fingerprint density at radius 2 is 2.12 bits per heavy atom. The highest BCUT2D eigenvalue weighted by molar-refractivity contribution is 6.35. The normalized spacial score (nSPS) is 18.9. The number of halogens is 1. The van der Waals surface area contributed by atoms with E-state index < -0.39 is 0 Å². The largest absolute Gasteiger partial charge is 0.306 e. The van der Waals surface area contributed by atoms with Crippen LogP contribution >= 0.6 is 11.6 Å². The van der Waals surface area contributed by atoms with Crippen molar-refractivity contribution in [1.82, 2.24) is 15.1 Å². The van der Waals surface area contributed by atoms with Crippen molar-refractivity contribution in [3.05, 3.63) is 28.9 Å². The molecule has 1 fully saturated rings. The number of likely N-dealkylation sites (tertiary alicyclic amines) is 1. The van der Waals surface area contributed by atoms with Gasteiger partial charge in [0.05, 0.1) is 16.2 Å². The zero-order valence-electron chi connectivity index (χ0n) is 9.91. The first-order chi connectivity index (χ1) is 8.25. The summed E-state index contributed by atoms with van der Waals surface area (Å²) in [7, 11) is 2.18. The molecule has 1 aliphatic rings. The topological polar surface area (TPSA) is 31.9 Å². The lowest BCUT2D eigenvalue weighted by Crippen LogP contribution is -2.29. The van der Waals surface area contributed by atoms with Gasteiger partial charge >= 0.3 is 0 Å². The molecule has 0 unspecified atom stereocenters. The fraction of sp³-hybridized carbons (Fsp3) is 0.462. The molecular formula is C13H16ClN3. The van der Waals surface area contributed by atoms with Crippen molar-refractivity contribution in [2.45, 2.75) is 18.8 Å². The van der Waals surface area contributed by atoms with E-state index in [-0.39, 0.29) is 0 Å². The van der Waals surface area contributed by atoms with Crippen LogP contribution in [0.3, 0.4) is 0 Å². The molecule has 3 rings (SSSR count). The maximum Gasteiger partial charge on any atom is 0.0839 e. The molecule has 3 nitrogen and oxygen atoms in total. The van der Waals surface area contributed by atoms with Gasteiger partial charge in [-0.2, -0.15) is 5.10 Å². The molecule has 1 aliphatic heterocycles. The quantitative estimate of drug-likeness (QED) is 0.843. The molecule has 0 atom stereocenters. The molecule has 1 saturated heterocycles. The van der Waals surface area contributed by atoms with Gasteiger partial charge in [-0.1, -0.05) is 23.7 Å². The predicted molar refractivity (Wildman–Crippen MR) is 70.6 cm³/mol. The number of benzene rings is 1. The van der Waals surface area contributed by atoms with Gasteiger partial charge in [-0.3, -0.25) is 5.10 Å². The van der Waals surface area contributed by atoms with Crippen molar-refractivity contribution in [3.63, 3.8) is 0 Å². The second-order valence-electron chi connectivity index (χ2n) is 4.85. The Balaban J connectivity index is 1.98. The molecule has 4 heteroatoms. The first-order valence-corrected chi connectivity index (χ1v) is 6.44. The van der Waals surface area contributed by atoms with Crippen LogP contribution in [0.2, 0.25) is 5.02 Å². The van der Waals surface area contributed by atoms with Crippen LogP contribution in [0.5, 0.6) is 0 Å². The summed E-state index contributed by atoms with van der Waals surface area (Å²) in [4.78, 5) is 2.37. The molecule has 0 radical (unpaired) electrons. The van der Waals surface area contributed by atoms with Crippen molar-refractivity contribution in [2.24, 2.45) is 0 Å². The van der Waals surface area contributed by atoms with Crippen LogP contribution in [0.1, 0.15) is 24.5 Å². The van der Waals surface area contributed by atoms with Crippen LogP contribution in [0.15, 0.2) is 18.2 Å². The minimum Gasteiger partial charge on any atom is -0.306 e. The summed E-state index contributed by atoms with van der Waals surface area (Å²) < 4.78 is 0. The first kappa shape index (κ1) is 11.1. The lowest BCUT2D eigenvalue weighted by molar-refractivity contribution is 0.254. The third-order valence-electron chi connectivity index (χ3n) is 3.68. The summed E-state index contributed by atoms with van der Waals surface area (Å²) in [5.74, 6) is 0.568. The van der Waals surface area contributed by atoms with Crippen LogP contribution in [0, 0.1) is 0 Å². The molecule has 1 aromatic carbocycles. The third kappa shape index (κ3) is 1.94. The highest BCUT2D eigenvalue weighted by atomic mass is 35.5. The molecule has 1 N–H and O–H groups in total. The maximum absolute atomic E-state index is 6.15. The Labute approximate surface area is 106 Å². The SMILES string of the molecule is CN1CCC(c2n[nH]c3c(Cl)cccc23)CC1. The number of rotatable bonds is 1. The fourth-order valence-corrected chi connectivity index (χ4v) is 2.84. The van der Waals surface area contributed by atoms with Crippen molar-refractivity contribution in [3.8, 4) is 0 Å². The molecule has 2 aromatic rings. The second-order valence-corrected chi connectivity index (χ2v) is 5.26. The summed E-state index contributed by atoms with van der Waals surface area (Å²) >= 11 is 6.15. The van der Waals surface area contributed by atoms with Gasteiger partial charge in [0.15, 0.2) is 0 Å². The van der Waals surface area contributed by atoms with Gasteiger partial charge in [0.1, 0.15) is 0 Å². The van der Waals surface area contributed by atoms with E-state index in [0.717, 1.165) is 23.6 Å². The fourth-order valence-electron chi connectivity index (χ4n) is 2.62. The molecule has 0 bridgehead atoms. The van der Waals surface area contributed by atoms with E-state index in [1.165, 1.54) is 23.9 Å². The Morgan fingerprint density at radius 3 is 2.88 bits per heavy atom. The molecule has 0 aliphatic carbocycles. The van der Waals surface area contributed by atoms with E-state index in [1.54, 1.807) is 0 Å². The Hall–Kier alpha value is -1.06. The highest BCUT2D eigenvalue weighted by Gasteiger charge is 2.22. The zero-order chi connectivity index (χ0) is 11.8. The number of H-pyrrole nitrogens is 1. The lowest BCUT2D eigenvalue weighted by atomic mass is 9.92. The Kier molecular flexibility index (Phi) is 2.81. The van der Waals surface area contributed by atoms with Crippen LogP contribution in [-0.2, 0) is 0 Å². The predicted octanol–water partition coefficient (Wildman–Crippen LogP) is 3.03. The third-order valence-corrected chi connectivity index (χ3v) is 4.00. The van der Waals surface area contributed by atoms with E-state index in [4.69, 9.17) is 11.6 Å². The van der Waals surface area contributed by atoms with Gasteiger partial charge in [0.2, 0.25) is 0 Å². The second kappa shape index (κ2) is 4.31. The van der Waals surface area contributed by atoms with E-state index in [9.17, 15) is 0 Å². The Morgan fingerprint density at radius 1 is 1.35 bits per heavy atom. The van der Waals surface area contributed by atoms with Gasteiger partial charge in [-0.15, -0.1) is 0 Å². The van der Waals surface area contributed by atoms with E-state index in [0.29, 0.717) is 5.92 Å². The summed E-state index contributed by atoms with van der Waals surface area (Å²) in [6.07, 6.45) is 2.37. The van der Waals surface area contributed by atoms with Crippen LogP contribution in [0.25, 0.3) is 10.9 Å². The molecule has 0 spiro atoms. The average molecular weight is 250 g/mol. The van der Waals surface area contributed by atoms with Crippen molar-refractivity contribution >= 4 is 22.5 Å².